The molecule has 4 aliphatic carbocycles. The van der Waals surface area contributed by atoms with Crippen LogP contribution in [0.2, 0.25) is 0 Å². The van der Waals surface area contributed by atoms with Crippen LogP contribution >= 0.6 is 0 Å². The van der Waals surface area contributed by atoms with Crippen molar-refractivity contribution in [3.8, 4) is 0 Å². The molecule has 5 nitrogen and oxygen atoms in total. The maximum atomic E-state index is 12.5. The van der Waals surface area contributed by atoms with E-state index < -0.39 is 0 Å². The monoisotopic (exact) mass is 482 g/mol. The molecule has 0 bridgehead atoms. The van der Waals surface area contributed by atoms with E-state index in [1.807, 2.05) is 12.1 Å². The van der Waals surface area contributed by atoms with Gasteiger partial charge in [0, 0.05) is 25.4 Å². The van der Waals surface area contributed by atoms with Gasteiger partial charge in [-0.25, -0.2) is 0 Å². The molecule has 0 radical (unpaired) electrons. The highest BCUT2D eigenvalue weighted by atomic mass is 16.3. The number of hydrogen-bond acceptors (Lipinski definition) is 4. The van der Waals surface area contributed by atoms with Crippen molar-refractivity contribution >= 4 is 5.91 Å². The molecule has 0 saturated heterocycles. The van der Waals surface area contributed by atoms with Gasteiger partial charge in [-0.15, -0.1) is 0 Å². The fourth-order valence-corrected chi connectivity index (χ4v) is 9.51. The van der Waals surface area contributed by atoms with Crippen LogP contribution in [0.1, 0.15) is 90.5 Å². The van der Waals surface area contributed by atoms with Crippen molar-refractivity contribution in [2.24, 2.45) is 46.3 Å². The summed E-state index contributed by atoms with van der Waals surface area (Å²) in [6.45, 7) is 7.73. The zero-order valence-corrected chi connectivity index (χ0v) is 22.0. The number of nitrogens with zero attached hydrogens (tertiary/aromatic N) is 1. The molecule has 10 unspecified atom stereocenters. The standard InChI is InChI=1S/C30H46N2O3/c1-19(4-9-28(35)32-18-20-11-14-31-15-12-20)24-7-8-25-23-6-5-21-16-22(33)10-13-29(21,2)26(23)17-27(34)30(24,25)3/h11-12,14-15,19,21-27,33-34H,4-10,13,16-18H2,1-3H3,(H,32,35). The van der Waals surface area contributed by atoms with Gasteiger partial charge in [0.1, 0.15) is 0 Å². The maximum Gasteiger partial charge on any atom is 0.220 e. The van der Waals surface area contributed by atoms with Gasteiger partial charge in [0.05, 0.1) is 12.2 Å². The van der Waals surface area contributed by atoms with Crippen molar-refractivity contribution in [3.63, 3.8) is 0 Å². The number of amides is 1. The van der Waals surface area contributed by atoms with Crippen molar-refractivity contribution in [3.05, 3.63) is 30.1 Å². The van der Waals surface area contributed by atoms with Crippen molar-refractivity contribution in [2.75, 3.05) is 0 Å². The second-order valence-electron chi connectivity index (χ2n) is 13.0. The molecule has 10 atom stereocenters. The Morgan fingerprint density at radius 2 is 1.86 bits per heavy atom. The van der Waals surface area contributed by atoms with Crippen molar-refractivity contribution in [1.29, 1.82) is 0 Å². The second-order valence-corrected chi connectivity index (χ2v) is 13.0. The third-order valence-corrected chi connectivity index (χ3v) is 11.6. The summed E-state index contributed by atoms with van der Waals surface area (Å²) in [5, 5.41) is 25.1. The Morgan fingerprint density at radius 3 is 2.63 bits per heavy atom. The molecular formula is C30H46N2O3. The average Bonchev–Trinajstić information content (AvgIpc) is 3.22. The number of hydrogen-bond donors (Lipinski definition) is 3. The highest BCUT2D eigenvalue weighted by Gasteiger charge is 2.63. The second kappa shape index (κ2) is 9.78. The number of aliphatic hydroxyl groups is 2. The van der Waals surface area contributed by atoms with E-state index in [-0.39, 0.29) is 28.9 Å². The van der Waals surface area contributed by atoms with Gasteiger partial charge in [0.15, 0.2) is 0 Å². The Morgan fingerprint density at radius 1 is 1.09 bits per heavy atom. The van der Waals surface area contributed by atoms with Gasteiger partial charge in [-0.05, 0) is 122 Å². The molecule has 1 amide bonds. The number of aromatic nitrogens is 1. The summed E-state index contributed by atoms with van der Waals surface area (Å²) in [5.74, 6) is 3.54. The van der Waals surface area contributed by atoms with Crippen LogP contribution in [-0.2, 0) is 11.3 Å². The third-order valence-electron chi connectivity index (χ3n) is 11.6. The van der Waals surface area contributed by atoms with Crippen LogP contribution in [0.4, 0.5) is 0 Å². The Bertz CT molecular complexity index is 893. The minimum absolute atomic E-state index is 0.0362. The van der Waals surface area contributed by atoms with Crippen LogP contribution in [0.15, 0.2) is 24.5 Å². The number of nitrogens with one attached hydrogen (secondary N) is 1. The molecule has 4 fully saturated rings. The number of carbonyl (C=O) groups is 1. The van der Waals surface area contributed by atoms with Crippen molar-refractivity contribution in [1.82, 2.24) is 10.3 Å². The molecule has 35 heavy (non-hydrogen) atoms. The largest absolute Gasteiger partial charge is 0.393 e. The number of aliphatic hydroxyl groups excluding tert-OH is 2. The predicted molar refractivity (Wildman–Crippen MR) is 137 cm³/mol. The van der Waals surface area contributed by atoms with E-state index in [1.54, 1.807) is 12.4 Å². The van der Waals surface area contributed by atoms with E-state index in [4.69, 9.17) is 0 Å². The van der Waals surface area contributed by atoms with Crippen LogP contribution < -0.4 is 5.32 Å². The molecule has 4 aliphatic rings. The topological polar surface area (TPSA) is 82.5 Å². The molecule has 1 aromatic heterocycles. The van der Waals surface area contributed by atoms with E-state index in [0.717, 1.165) is 37.7 Å². The van der Waals surface area contributed by atoms with E-state index in [0.29, 0.717) is 48.5 Å². The van der Waals surface area contributed by atoms with Gasteiger partial charge in [0.25, 0.3) is 0 Å². The average molecular weight is 483 g/mol. The summed E-state index contributed by atoms with van der Waals surface area (Å²) >= 11 is 0. The Balaban J connectivity index is 1.22. The third kappa shape index (κ3) is 4.45. The SMILES string of the molecule is CC(CCC(=O)NCc1ccncc1)C1CCC2C3CCC4CC(O)CCC4(C)C3CC(O)C12C. The lowest BCUT2D eigenvalue weighted by atomic mass is 9.43. The maximum absolute atomic E-state index is 12.5. The van der Waals surface area contributed by atoms with Crippen LogP contribution in [-0.4, -0.2) is 33.3 Å². The summed E-state index contributed by atoms with van der Waals surface area (Å²) in [6.07, 6.45) is 13.4. The smallest absolute Gasteiger partial charge is 0.220 e. The predicted octanol–water partition coefficient (Wildman–Crippen LogP) is 5.10. The molecule has 5 heteroatoms. The first-order chi connectivity index (χ1) is 16.7. The fourth-order valence-electron chi connectivity index (χ4n) is 9.51. The summed E-state index contributed by atoms with van der Waals surface area (Å²) in [6, 6.07) is 3.87. The quantitative estimate of drug-likeness (QED) is 0.527. The summed E-state index contributed by atoms with van der Waals surface area (Å²) in [5.41, 5.74) is 1.32. The Kier molecular flexibility index (Phi) is 7.04. The lowest BCUT2D eigenvalue weighted by Gasteiger charge is -2.62. The molecule has 5 rings (SSSR count). The highest BCUT2D eigenvalue weighted by molar-refractivity contribution is 5.75. The van der Waals surface area contributed by atoms with Crippen LogP contribution in [0.3, 0.4) is 0 Å². The molecule has 4 saturated carbocycles. The van der Waals surface area contributed by atoms with Gasteiger partial charge >= 0.3 is 0 Å². The number of rotatable bonds is 6. The molecule has 1 heterocycles. The zero-order valence-electron chi connectivity index (χ0n) is 22.0. The van der Waals surface area contributed by atoms with Gasteiger partial charge in [-0.3, -0.25) is 9.78 Å². The van der Waals surface area contributed by atoms with Crippen molar-refractivity contribution in [2.45, 2.75) is 104 Å². The number of fused-ring (bicyclic) bond motifs is 5. The molecular weight excluding hydrogens is 436 g/mol. The van der Waals surface area contributed by atoms with E-state index >= 15 is 0 Å². The first kappa shape index (κ1) is 25.2. The summed E-state index contributed by atoms with van der Waals surface area (Å²) in [4.78, 5) is 16.6. The zero-order chi connectivity index (χ0) is 24.8. The van der Waals surface area contributed by atoms with Crippen LogP contribution in [0, 0.1) is 46.3 Å². The first-order valence-corrected chi connectivity index (χ1v) is 14.2. The van der Waals surface area contributed by atoms with Gasteiger partial charge in [-0.2, -0.15) is 0 Å². The van der Waals surface area contributed by atoms with E-state index in [1.165, 1.54) is 25.7 Å². The minimum atomic E-state index is -0.258. The van der Waals surface area contributed by atoms with E-state index in [9.17, 15) is 15.0 Å². The number of pyridine rings is 1. The summed E-state index contributed by atoms with van der Waals surface area (Å²) < 4.78 is 0. The Labute approximate surface area is 211 Å². The normalized spacial score (nSPS) is 43.5. The molecule has 0 spiro atoms. The minimum Gasteiger partial charge on any atom is -0.393 e. The van der Waals surface area contributed by atoms with Crippen LogP contribution in [0.25, 0.3) is 0 Å². The van der Waals surface area contributed by atoms with Gasteiger partial charge in [-0.1, -0.05) is 20.8 Å². The highest BCUT2D eigenvalue weighted by Crippen LogP contribution is 2.68. The Hall–Kier alpha value is -1.46. The summed E-state index contributed by atoms with van der Waals surface area (Å²) in [7, 11) is 0. The van der Waals surface area contributed by atoms with Crippen molar-refractivity contribution < 1.29 is 15.0 Å². The molecule has 194 valence electrons. The molecule has 0 aliphatic heterocycles. The lowest BCUT2D eigenvalue weighted by Crippen LogP contribution is -2.58. The first-order valence-electron chi connectivity index (χ1n) is 14.2. The fraction of sp³-hybridized carbons (Fsp3) is 0.800. The molecule has 1 aromatic rings. The lowest BCUT2D eigenvalue weighted by molar-refractivity contribution is -0.174. The number of carbonyl (C=O) groups excluding carboxylic acids is 1. The van der Waals surface area contributed by atoms with E-state index in [2.05, 4.69) is 31.1 Å². The molecule has 0 aromatic carbocycles. The molecule has 3 N–H and O–H groups in total. The van der Waals surface area contributed by atoms with Gasteiger partial charge < -0.3 is 15.5 Å². The van der Waals surface area contributed by atoms with Gasteiger partial charge in [0.2, 0.25) is 5.91 Å². The van der Waals surface area contributed by atoms with Crippen LogP contribution in [0.5, 0.6) is 0 Å².